The summed E-state index contributed by atoms with van der Waals surface area (Å²) in [5, 5.41) is 11.1. The van der Waals surface area contributed by atoms with Crippen LogP contribution in [0.2, 0.25) is 0 Å². The van der Waals surface area contributed by atoms with Crippen molar-refractivity contribution in [1.29, 1.82) is 0 Å². The molecule has 174 valence electrons. The van der Waals surface area contributed by atoms with Crippen molar-refractivity contribution in [3.8, 4) is 5.75 Å². The van der Waals surface area contributed by atoms with E-state index in [2.05, 4.69) is 9.88 Å². The number of carbonyl (C=O) groups excluding carboxylic acids is 2. The summed E-state index contributed by atoms with van der Waals surface area (Å²) >= 11 is 0. The number of pyridine rings is 1. The zero-order chi connectivity index (χ0) is 23.2. The lowest BCUT2D eigenvalue weighted by Gasteiger charge is -2.30. The molecule has 8 nitrogen and oxygen atoms in total. The van der Waals surface area contributed by atoms with Crippen molar-refractivity contribution in [3.05, 3.63) is 65.5 Å². The number of ketones is 1. The first-order valence-electron chi connectivity index (χ1n) is 11.3. The van der Waals surface area contributed by atoms with Crippen molar-refractivity contribution in [1.82, 2.24) is 14.8 Å². The van der Waals surface area contributed by atoms with E-state index in [1.807, 2.05) is 13.0 Å². The lowest BCUT2D eigenvalue weighted by Crippen LogP contribution is -2.42. The number of nitrogens with zero attached hydrogens (tertiary/aromatic N) is 3. The third-order valence-corrected chi connectivity index (χ3v) is 5.87. The van der Waals surface area contributed by atoms with Crippen LogP contribution in [0.1, 0.15) is 30.6 Å². The van der Waals surface area contributed by atoms with Gasteiger partial charge in [0, 0.05) is 37.9 Å². The Hall–Kier alpha value is -3.23. The predicted molar refractivity (Wildman–Crippen MR) is 123 cm³/mol. The molecule has 0 unspecified atom stereocenters. The maximum atomic E-state index is 13.1. The van der Waals surface area contributed by atoms with Crippen molar-refractivity contribution in [2.45, 2.75) is 19.4 Å². The summed E-state index contributed by atoms with van der Waals surface area (Å²) in [7, 11) is 0. The quantitative estimate of drug-likeness (QED) is 0.375. The summed E-state index contributed by atoms with van der Waals surface area (Å²) in [6.45, 7) is 6.46. The smallest absolute Gasteiger partial charge is 0.295 e. The summed E-state index contributed by atoms with van der Waals surface area (Å²) in [6.07, 6.45) is 2.51. The molecule has 0 bridgehead atoms. The number of aromatic nitrogens is 1. The van der Waals surface area contributed by atoms with E-state index in [0.717, 1.165) is 19.5 Å². The molecule has 1 atom stereocenters. The van der Waals surface area contributed by atoms with E-state index in [9.17, 15) is 14.7 Å². The molecule has 2 aliphatic heterocycles. The van der Waals surface area contributed by atoms with Gasteiger partial charge in [0.1, 0.15) is 17.6 Å². The standard InChI is InChI=1S/C25H29N3O5/c1-2-15-33-19-8-6-18(7-9-19)23(29)21-22(20-5-3-4-10-26-20)28(25(31)24(21)30)12-11-27-13-16-32-17-14-27/h3-10,22,29H,2,11-17H2,1H3/t22-/m0/s1. The first kappa shape index (κ1) is 22.9. The number of rotatable bonds is 8. The van der Waals surface area contributed by atoms with E-state index < -0.39 is 17.7 Å². The van der Waals surface area contributed by atoms with Crippen LogP contribution in [0.5, 0.6) is 5.75 Å². The maximum Gasteiger partial charge on any atom is 0.295 e. The molecular formula is C25H29N3O5. The number of hydrogen-bond acceptors (Lipinski definition) is 7. The Balaban J connectivity index is 1.66. The number of hydrogen-bond donors (Lipinski definition) is 1. The van der Waals surface area contributed by atoms with Crippen LogP contribution in [0, 0.1) is 0 Å². The number of aliphatic hydroxyl groups is 1. The Morgan fingerprint density at radius 3 is 2.55 bits per heavy atom. The van der Waals surface area contributed by atoms with Crippen molar-refractivity contribution in [2.75, 3.05) is 46.0 Å². The fourth-order valence-corrected chi connectivity index (χ4v) is 4.11. The summed E-state index contributed by atoms with van der Waals surface area (Å²) in [6, 6.07) is 11.5. The lowest BCUT2D eigenvalue weighted by atomic mass is 9.98. The van der Waals surface area contributed by atoms with Crippen LogP contribution in [0.3, 0.4) is 0 Å². The molecule has 3 heterocycles. The second-order valence-corrected chi connectivity index (χ2v) is 8.07. The van der Waals surface area contributed by atoms with Gasteiger partial charge in [-0.25, -0.2) is 0 Å². The van der Waals surface area contributed by atoms with Gasteiger partial charge in [0.15, 0.2) is 0 Å². The summed E-state index contributed by atoms with van der Waals surface area (Å²) in [5.74, 6) is -0.847. The van der Waals surface area contributed by atoms with E-state index in [-0.39, 0.29) is 11.3 Å². The number of likely N-dealkylation sites (tertiary alicyclic amines) is 1. The number of Topliss-reactive ketones (excluding diaryl/α,β-unsaturated/α-hetero) is 1. The average molecular weight is 452 g/mol. The highest BCUT2D eigenvalue weighted by Gasteiger charge is 2.46. The highest BCUT2D eigenvalue weighted by atomic mass is 16.5. The van der Waals surface area contributed by atoms with E-state index >= 15 is 0 Å². The van der Waals surface area contributed by atoms with Gasteiger partial charge >= 0.3 is 0 Å². The Bertz CT molecular complexity index is 1000. The molecule has 1 amide bonds. The van der Waals surface area contributed by atoms with E-state index in [0.29, 0.717) is 49.9 Å². The van der Waals surface area contributed by atoms with Gasteiger partial charge in [-0.2, -0.15) is 0 Å². The number of ether oxygens (including phenoxy) is 2. The fourth-order valence-electron chi connectivity index (χ4n) is 4.11. The second-order valence-electron chi connectivity index (χ2n) is 8.07. The van der Waals surface area contributed by atoms with Crippen LogP contribution >= 0.6 is 0 Å². The first-order chi connectivity index (χ1) is 16.1. The van der Waals surface area contributed by atoms with Crippen molar-refractivity contribution in [3.63, 3.8) is 0 Å². The number of morpholine rings is 1. The Morgan fingerprint density at radius 1 is 1.12 bits per heavy atom. The minimum absolute atomic E-state index is 0.0582. The molecule has 2 aliphatic rings. The molecule has 8 heteroatoms. The number of aliphatic hydroxyl groups excluding tert-OH is 1. The van der Waals surface area contributed by atoms with E-state index in [4.69, 9.17) is 9.47 Å². The molecule has 1 aromatic heterocycles. The molecule has 0 spiro atoms. The lowest BCUT2D eigenvalue weighted by molar-refractivity contribution is -0.140. The van der Waals surface area contributed by atoms with Crippen LogP contribution in [0.25, 0.3) is 5.76 Å². The Morgan fingerprint density at radius 2 is 1.88 bits per heavy atom. The maximum absolute atomic E-state index is 13.1. The van der Waals surface area contributed by atoms with Crippen LogP contribution < -0.4 is 4.74 Å². The first-order valence-corrected chi connectivity index (χ1v) is 11.3. The van der Waals surface area contributed by atoms with E-state index in [1.165, 1.54) is 4.90 Å². The van der Waals surface area contributed by atoms with Gasteiger partial charge in [0.25, 0.3) is 11.7 Å². The second kappa shape index (κ2) is 10.6. The molecule has 1 N–H and O–H groups in total. The summed E-state index contributed by atoms with van der Waals surface area (Å²) in [4.78, 5) is 34.2. The molecule has 0 aliphatic carbocycles. The number of benzene rings is 1. The van der Waals surface area contributed by atoms with Crippen LogP contribution in [0.4, 0.5) is 0 Å². The van der Waals surface area contributed by atoms with Gasteiger partial charge in [-0.1, -0.05) is 13.0 Å². The molecule has 1 aromatic carbocycles. The van der Waals surface area contributed by atoms with Crippen LogP contribution in [-0.2, 0) is 14.3 Å². The van der Waals surface area contributed by atoms with E-state index in [1.54, 1.807) is 42.6 Å². The van der Waals surface area contributed by atoms with Gasteiger partial charge in [0.2, 0.25) is 0 Å². The zero-order valence-corrected chi connectivity index (χ0v) is 18.8. The molecule has 0 radical (unpaired) electrons. The summed E-state index contributed by atoms with van der Waals surface area (Å²) in [5.41, 5.74) is 1.05. The SMILES string of the molecule is CCCOc1ccc(C(O)=C2C(=O)C(=O)N(CCN3CCOCC3)[C@H]2c2ccccn2)cc1. The highest BCUT2D eigenvalue weighted by Crippen LogP contribution is 2.38. The normalized spacial score (nSPS) is 20.9. The fraction of sp³-hybridized carbons (Fsp3) is 0.400. The average Bonchev–Trinajstić information content (AvgIpc) is 3.12. The predicted octanol–water partition coefficient (Wildman–Crippen LogP) is 2.62. The third kappa shape index (κ3) is 5.07. The molecule has 2 fully saturated rings. The van der Waals surface area contributed by atoms with Gasteiger partial charge in [0.05, 0.1) is 31.1 Å². The minimum atomic E-state index is -0.747. The van der Waals surface area contributed by atoms with Crippen molar-refractivity contribution >= 4 is 17.4 Å². The number of amides is 1. The minimum Gasteiger partial charge on any atom is -0.507 e. The molecule has 4 rings (SSSR count). The monoisotopic (exact) mass is 451 g/mol. The van der Waals surface area contributed by atoms with Crippen molar-refractivity contribution in [2.24, 2.45) is 0 Å². The zero-order valence-electron chi connectivity index (χ0n) is 18.8. The van der Waals surface area contributed by atoms with Gasteiger partial charge in [-0.3, -0.25) is 19.5 Å². The largest absolute Gasteiger partial charge is 0.507 e. The van der Waals surface area contributed by atoms with Gasteiger partial charge in [-0.15, -0.1) is 0 Å². The highest BCUT2D eigenvalue weighted by molar-refractivity contribution is 6.46. The molecule has 2 saturated heterocycles. The third-order valence-electron chi connectivity index (χ3n) is 5.87. The molecule has 0 saturated carbocycles. The topological polar surface area (TPSA) is 92.2 Å². The Labute approximate surface area is 193 Å². The van der Waals surface area contributed by atoms with Crippen molar-refractivity contribution < 1.29 is 24.2 Å². The molecule has 33 heavy (non-hydrogen) atoms. The van der Waals surface area contributed by atoms with Gasteiger partial charge in [-0.05, 0) is 42.8 Å². The Kier molecular flexibility index (Phi) is 7.36. The number of carbonyl (C=O) groups is 2. The summed E-state index contributed by atoms with van der Waals surface area (Å²) < 4.78 is 11.0. The van der Waals surface area contributed by atoms with Crippen LogP contribution in [0.15, 0.2) is 54.2 Å². The van der Waals surface area contributed by atoms with Gasteiger partial charge < -0.3 is 19.5 Å². The molecular weight excluding hydrogens is 422 g/mol. The molecule has 2 aromatic rings. The van der Waals surface area contributed by atoms with Crippen LogP contribution in [-0.4, -0.2) is 77.6 Å².